The Hall–Kier alpha value is -1.78. The zero-order chi connectivity index (χ0) is 11.5. The molecule has 1 aromatic heterocycles. The Morgan fingerprint density at radius 1 is 1.69 bits per heavy atom. The van der Waals surface area contributed by atoms with E-state index in [0.29, 0.717) is 12.5 Å². The van der Waals surface area contributed by atoms with Gasteiger partial charge >= 0.3 is 0 Å². The number of hydrogen-bond acceptors (Lipinski definition) is 4. The fraction of sp³-hybridized carbons (Fsp3) is 0.455. The first-order chi connectivity index (χ1) is 7.77. The van der Waals surface area contributed by atoms with E-state index < -0.39 is 0 Å². The van der Waals surface area contributed by atoms with E-state index in [-0.39, 0.29) is 6.04 Å². The van der Waals surface area contributed by atoms with E-state index in [4.69, 9.17) is 5.73 Å². The number of guanidine groups is 1. The number of aryl methyl sites for hydroxylation is 1. The molecule has 1 atom stereocenters. The molecule has 5 heteroatoms. The Kier molecular flexibility index (Phi) is 2.94. The van der Waals surface area contributed by atoms with Crippen molar-refractivity contribution >= 4 is 5.96 Å². The van der Waals surface area contributed by atoms with Gasteiger partial charge in [0.25, 0.3) is 0 Å². The van der Waals surface area contributed by atoms with E-state index in [9.17, 15) is 0 Å². The first-order valence-corrected chi connectivity index (χ1v) is 5.45. The lowest BCUT2D eigenvalue weighted by Gasteiger charge is -2.25. The second-order valence-corrected chi connectivity index (χ2v) is 3.76. The Labute approximate surface area is 95.3 Å². The lowest BCUT2D eigenvalue weighted by atomic mass is 10.2. The normalized spacial score (nSPS) is 19.9. The Balaban J connectivity index is 2.25. The highest BCUT2D eigenvalue weighted by Crippen LogP contribution is 2.24. The maximum absolute atomic E-state index is 5.85. The van der Waals surface area contributed by atoms with Crippen LogP contribution in [0.3, 0.4) is 0 Å². The van der Waals surface area contributed by atoms with Crippen LogP contribution >= 0.6 is 0 Å². The number of aromatic nitrogens is 2. The summed E-state index contributed by atoms with van der Waals surface area (Å²) in [5.41, 5.74) is 7.01. The number of hydrogen-bond donors (Lipinski definition) is 1. The predicted molar refractivity (Wildman–Crippen MR) is 64.0 cm³/mol. The van der Waals surface area contributed by atoms with E-state index in [2.05, 4.69) is 32.9 Å². The van der Waals surface area contributed by atoms with Gasteiger partial charge in [-0.25, -0.2) is 4.98 Å². The van der Waals surface area contributed by atoms with Crippen molar-refractivity contribution in [3.8, 4) is 0 Å². The van der Waals surface area contributed by atoms with Gasteiger partial charge in [-0.15, -0.1) is 6.58 Å². The molecule has 1 aliphatic heterocycles. The van der Waals surface area contributed by atoms with Gasteiger partial charge < -0.3 is 15.2 Å². The van der Waals surface area contributed by atoms with Gasteiger partial charge in [0.05, 0.1) is 30.8 Å². The molecule has 0 aromatic carbocycles. The van der Waals surface area contributed by atoms with Crippen LogP contribution < -0.4 is 5.73 Å². The number of aliphatic imine (C=N–C) groups is 1. The van der Waals surface area contributed by atoms with E-state index in [1.807, 2.05) is 18.6 Å². The van der Waals surface area contributed by atoms with E-state index in [0.717, 1.165) is 18.8 Å². The van der Waals surface area contributed by atoms with Crippen molar-refractivity contribution in [2.45, 2.75) is 19.5 Å². The van der Waals surface area contributed by atoms with Crippen LogP contribution in [-0.4, -0.2) is 33.5 Å². The SMILES string of the molecule is C=CCN1C(N)=NCC1c1cncn1CC. The highest BCUT2D eigenvalue weighted by molar-refractivity contribution is 5.80. The molecular weight excluding hydrogens is 202 g/mol. The third-order valence-corrected chi connectivity index (χ3v) is 2.85. The monoisotopic (exact) mass is 219 g/mol. The summed E-state index contributed by atoms with van der Waals surface area (Å²) in [6, 6.07) is 0.195. The molecule has 0 saturated heterocycles. The third kappa shape index (κ3) is 1.68. The number of rotatable bonds is 4. The van der Waals surface area contributed by atoms with Crippen molar-refractivity contribution in [1.82, 2.24) is 14.5 Å². The minimum absolute atomic E-state index is 0.195. The first kappa shape index (κ1) is 10.7. The molecule has 86 valence electrons. The summed E-state index contributed by atoms with van der Waals surface area (Å²) >= 11 is 0. The minimum atomic E-state index is 0.195. The summed E-state index contributed by atoms with van der Waals surface area (Å²) in [5, 5.41) is 0. The van der Waals surface area contributed by atoms with Crippen molar-refractivity contribution < 1.29 is 0 Å². The molecule has 5 nitrogen and oxygen atoms in total. The quantitative estimate of drug-likeness (QED) is 0.761. The average Bonchev–Trinajstić information content (AvgIpc) is 2.87. The third-order valence-electron chi connectivity index (χ3n) is 2.85. The topological polar surface area (TPSA) is 59.4 Å². The molecule has 2 N–H and O–H groups in total. The lowest BCUT2D eigenvalue weighted by Crippen LogP contribution is -2.36. The minimum Gasteiger partial charge on any atom is -0.370 e. The van der Waals surface area contributed by atoms with Gasteiger partial charge in [-0.05, 0) is 6.92 Å². The van der Waals surface area contributed by atoms with Crippen molar-refractivity contribution in [3.05, 3.63) is 30.9 Å². The van der Waals surface area contributed by atoms with Crippen molar-refractivity contribution in [1.29, 1.82) is 0 Å². The van der Waals surface area contributed by atoms with Gasteiger partial charge in [-0.2, -0.15) is 0 Å². The molecule has 0 amide bonds. The summed E-state index contributed by atoms with van der Waals surface area (Å²) in [4.78, 5) is 10.5. The van der Waals surface area contributed by atoms with Crippen molar-refractivity contribution in [2.24, 2.45) is 10.7 Å². The second kappa shape index (κ2) is 4.38. The van der Waals surface area contributed by atoms with Crippen LogP contribution in [0.25, 0.3) is 0 Å². The fourth-order valence-electron chi connectivity index (χ4n) is 2.01. The fourth-order valence-corrected chi connectivity index (χ4v) is 2.01. The zero-order valence-electron chi connectivity index (χ0n) is 9.50. The van der Waals surface area contributed by atoms with Crippen molar-refractivity contribution in [3.63, 3.8) is 0 Å². The molecule has 0 spiro atoms. The molecule has 2 heterocycles. The van der Waals surface area contributed by atoms with Gasteiger partial charge in [0.1, 0.15) is 0 Å². The molecule has 0 fully saturated rings. The van der Waals surface area contributed by atoms with E-state index >= 15 is 0 Å². The molecule has 1 aromatic rings. The molecule has 16 heavy (non-hydrogen) atoms. The molecular formula is C11H17N5. The van der Waals surface area contributed by atoms with Gasteiger partial charge in [-0.3, -0.25) is 4.99 Å². The van der Waals surface area contributed by atoms with Crippen LogP contribution in [0.15, 0.2) is 30.2 Å². The van der Waals surface area contributed by atoms with E-state index in [1.54, 1.807) is 0 Å². The number of nitrogens with zero attached hydrogens (tertiary/aromatic N) is 4. The van der Waals surface area contributed by atoms with Crippen molar-refractivity contribution in [2.75, 3.05) is 13.1 Å². The maximum Gasteiger partial charge on any atom is 0.192 e. The highest BCUT2D eigenvalue weighted by atomic mass is 15.3. The molecule has 0 radical (unpaired) electrons. The van der Waals surface area contributed by atoms with Crippen LogP contribution in [0.5, 0.6) is 0 Å². The number of imidazole rings is 1. The molecule has 0 bridgehead atoms. The lowest BCUT2D eigenvalue weighted by molar-refractivity contribution is 0.363. The highest BCUT2D eigenvalue weighted by Gasteiger charge is 2.28. The standard InChI is InChI=1S/C11H17N5/c1-3-5-16-10(7-14-11(16)12)9-6-13-8-15(9)4-2/h3,6,8,10H,1,4-5,7H2,2H3,(H2,12,14). The number of nitrogens with two attached hydrogens (primary N) is 1. The van der Waals surface area contributed by atoms with Crippen LogP contribution in [-0.2, 0) is 6.54 Å². The second-order valence-electron chi connectivity index (χ2n) is 3.76. The maximum atomic E-state index is 5.85. The van der Waals surface area contributed by atoms with Gasteiger partial charge in [0.15, 0.2) is 5.96 Å². The summed E-state index contributed by atoms with van der Waals surface area (Å²) < 4.78 is 2.12. The van der Waals surface area contributed by atoms with Gasteiger partial charge in [-0.1, -0.05) is 6.08 Å². The van der Waals surface area contributed by atoms with Crippen LogP contribution in [0.2, 0.25) is 0 Å². The Morgan fingerprint density at radius 2 is 2.50 bits per heavy atom. The molecule has 0 saturated carbocycles. The van der Waals surface area contributed by atoms with Crippen LogP contribution in [0.4, 0.5) is 0 Å². The van der Waals surface area contributed by atoms with Gasteiger partial charge in [0, 0.05) is 13.1 Å². The molecule has 1 aliphatic rings. The van der Waals surface area contributed by atoms with Crippen LogP contribution in [0.1, 0.15) is 18.7 Å². The summed E-state index contributed by atoms with van der Waals surface area (Å²) in [7, 11) is 0. The van der Waals surface area contributed by atoms with Crippen LogP contribution in [0, 0.1) is 0 Å². The predicted octanol–water partition coefficient (Wildman–Crippen LogP) is 0.760. The summed E-state index contributed by atoms with van der Waals surface area (Å²) in [5.74, 6) is 0.591. The molecule has 1 unspecified atom stereocenters. The van der Waals surface area contributed by atoms with E-state index in [1.165, 1.54) is 0 Å². The Morgan fingerprint density at radius 3 is 3.19 bits per heavy atom. The average molecular weight is 219 g/mol. The van der Waals surface area contributed by atoms with Gasteiger partial charge in [0.2, 0.25) is 0 Å². The smallest absolute Gasteiger partial charge is 0.192 e. The first-order valence-electron chi connectivity index (χ1n) is 5.45. The summed E-state index contributed by atoms with van der Waals surface area (Å²) in [6.07, 6.45) is 5.57. The molecule has 0 aliphatic carbocycles. The largest absolute Gasteiger partial charge is 0.370 e. The zero-order valence-corrected chi connectivity index (χ0v) is 9.50. The molecule has 2 rings (SSSR count). The Bertz CT molecular complexity index is 406. The summed E-state index contributed by atoms with van der Waals surface area (Å²) in [6.45, 7) is 8.17.